The lowest BCUT2D eigenvalue weighted by Crippen LogP contribution is -2.46. The number of rotatable bonds is 9. The molecule has 0 radical (unpaired) electrons. The lowest BCUT2D eigenvalue weighted by Gasteiger charge is -2.28. The minimum absolute atomic E-state index is 0.148. The first-order chi connectivity index (χ1) is 15.4. The van der Waals surface area contributed by atoms with E-state index in [1.165, 1.54) is 4.90 Å². The van der Waals surface area contributed by atoms with E-state index in [9.17, 15) is 14.4 Å². The molecular weight excluding hydrogens is 406 g/mol. The Labute approximate surface area is 189 Å². The van der Waals surface area contributed by atoms with Gasteiger partial charge in [-0.2, -0.15) is 0 Å². The second-order valence-corrected chi connectivity index (χ2v) is 8.75. The van der Waals surface area contributed by atoms with Crippen LogP contribution in [0.2, 0.25) is 0 Å². The zero-order valence-electron chi connectivity index (χ0n) is 18.9. The molecule has 2 amide bonds. The first-order valence-corrected chi connectivity index (χ1v) is 11.1. The molecule has 1 fully saturated rings. The number of ether oxygens (including phenoxy) is 2. The zero-order valence-corrected chi connectivity index (χ0v) is 18.9. The summed E-state index contributed by atoms with van der Waals surface area (Å²) >= 11 is 0. The van der Waals surface area contributed by atoms with Crippen LogP contribution < -0.4 is 0 Å². The van der Waals surface area contributed by atoms with Gasteiger partial charge in [-0.25, -0.2) is 9.69 Å². The summed E-state index contributed by atoms with van der Waals surface area (Å²) in [6.45, 7) is 5.99. The molecule has 2 aromatic rings. The number of carbonyl (C=O) groups is 3. The highest BCUT2D eigenvalue weighted by Crippen LogP contribution is 2.28. The lowest BCUT2D eigenvalue weighted by molar-refractivity contribution is -0.155. The highest BCUT2D eigenvalue weighted by Gasteiger charge is 2.43. The number of esters is 1. The number of amides is 2. The summed E-state index contributed by atoms with van der Waals surface area (Å²) in [5, 5.41) is 0. The van der Waals surface area contributed by atoms with Crippen molar-refractivity contribution in [2.24, 2.45) is 17.8 Å². The van der Waals surface area contributed by atoms with Crippen molar-refractivity contribution in [3.8, 4) is 0 Å². The number of hydrogen-bond donors (Lipinski definition) is 0. The van der Waals surface area contributed by atoms with Gasteiger partial charge in [0.1, 0.15) is 13.2 Å². The predicted molar refractivity (Wildman–Crippen MR) is 120 cm³/mol. The van der Waals surface area contributed by atoms with Gasteiger partial charge in [-0.3, -0.25) is 9.59 Å². The first-order valence-electron chi connectivity index (χ1n) is 11.1. The molecule has 3 rings (SSSR count). The quantitative estimate of drug-likeness (QED) is 0.535. The maximum atomic E-state index is 13.5. The molecular formula is C26H31NO5. The van der Waals surface area contributed by atoms with Crippen LogP contribution in [0.15, 0.2) is 60.7 Å². The van der Waals surface area contributed by atoms with E-state index in [2.05, 4.69) is 0 Å². The van der Waals surface area contributed by atoms with Gasteiger partial charge in [0.15, 0.2) is 0 Å². The van der Waals surface area contributed by atoms with Crippen molar-refractivity contribution >= 4 is 18.0 Å². The third kappa shape index (κ3) is 5.96. The van der Waals surface area contributed by atoms with E-state index in [4.69, 9.17) is 9.47 Å². The Morgan fingerprint density at radius 3 is 2.19 bits per heavy atom. The smallest absolute Gasteiger partial charge is 0.416 e. The lowest BCUT2D eigenvalue weighted by atomic mass is 9.85. The average molecular weight is 438 g/mol. The van der Waals surface area contributed by atoms with Crippen LogP contribution in [0.3, 0.4) is 0 Å². The van der Waals surface area contributed by atoms with E-state index in [1.807, 2.05) is 74.5 Å². The number of nitrogens with zero attached hydrogens (tertiary/aromatic N) is 1. The third-order valence-electron chi connectivity index (χ3n) is 5.75. The van der Waals surface area contributed by atoms with Crippen LogP contribution in [0.1, 0.15) is 38.3 Å². The Hall–Kier alpha value is -3.15. The second-order valence-electron chi connectivity index (χ2n) is 8.75. The van der Waals surface area contributed by atoms with Gasteiger partial charge in [0.25, 0.3) is 0 Å². The van der Waals surface area contributed by atoms with Crippen LogP contribution in [0.5, 0.6) is 0 Å². The molecule has 1 aliphatic heterocycles. The minimum Gasteiger partial charge on any atom is -0.461 e. The fraction of sp³-hybridized carbons (Fsp3) is 0.423. The van der Waals surface area contributed by atoms with Gasteiger partial charge in [-0.15, -0.1) is 0 Å². The summed E-state index contributed by atoms with van der Waals surface area (Å²) in [5.41, 5.74) is 1.90. The molecule has 1 aliphatic rings. The van der Waals surface area contributed by atoms with Gasteiger partial charge in [-0.05, 0) is 29.9 Å². The molecule has 6 nitrogen and oxygen atoms in total. The topological polar surface area (TPSA) is 72.9 Å². The van der Waals surface area contributed by atoms with Crippen molar-refractivity contribution in [2.45, 2.75) is 46.3 Å². The number of hydrogen-bond acceptors (Lipinski definition) is 5. The summed E-state index contributed by atoms with van der Waals surface area (Å²) in [5.74, 6) is -1.99. The van der Waals surface area contributed by atoms with Crippen LogP contribution in [0.25, 0.3) is 0 Å². The van der Waals surface area contributed by atoms with Crippen molar-refractivity contribution in [1.29, 1.82) is 0 Å². The van der Waals surface area contributed by atoms with Crippen LogP contribution in [-0.2, 0) is 32.1 Å². The molecule has 0 saturated carbocycles. The minimum atomic E-state index is -0.681. The molecule has 0 unspecified atom stereocenters. The maximum absolute atomic E-state index is 13.5. The van der Waals surface area contributed by atoms with E-state index in [-0.39, 0.29) is 31.1 Å². The molecule has 0 aliphatic carbocycles. The van der Waals surface area contributed by atoms with Gasteiger partial charge in [0.2, 0.25) is 5.91 Å². The van der Waals surface area contributed by atoms with Crippen molar-refractivity contribution in [2.75, 3.05) is 6.61 Å². The molecule has 0 N–H and O–H groups in total. The monoisotopic (exact) mass is 437 g/mol. The predicted octanol–water partition coefficient (Wildman–Crippen LogP) is 4.62. The Kier molecular flexibility index (Phi) is 8.03. The van der Waals surface area contributed by atoms with Crippen molar-refractivity contribution in [1.82, 2.24) is 4.90 Å². The van der Waals surface area contributed by atoms with Crippen LogP contribution >= 0.6 is 0 Å². The summed E-state index contributed by atoms with van der Waals surface area (Å²) in [4.78, 5) is 40.0. The van der Waals surface area contributed by atoms with Crippen LogP contribution in [0, 0.1) is 17.8 Å². The van der Waals surface area contributed by atoms with Crippen molar-refractivity contribution < 1.29 is 23.9 Å². The first kappa shape index (κ1) is 23.5. The van der Waals surface area contributed by atoms with E-state index in [0.717, 1.165) is 11.1 Å². The van der Waals surface area contributed by atoms with Gasteiger partial charge in [0, 0.05) is 0 Å². The molecule has 0 aromatic heterocycles. The number of cyclic esters (lactones) is 1. The normalized spacial score (nSPS) is 17.7. The van der Waals surface area contributed by atoms with Gasteiger partial charge >= 0.3 is 12.1 Å². The van der Waals surface area contributed by atoms with Crippen LogP contribution in [0.4, 0.5) is 4.79 Å². The maximum Gasteiger partial charge on any atom is 0.416 e. The van der Waals surface area contributed by atoms with Crippen molar-refractivity contribution in [3.63, 3.8) is 0 Å². The molecule has 1 saturated heterocycles. The molecule has 6 heteroatoms. The highest BCUT2D eigenvalue weighted by atomic mass is 16.6. The van der Waals surface area contributed by atoms with Gasteiger partial charge in [0.05, 0.1) is 17.9 Å². The fourth-order valence-corrected chi connectivity index (χ4v) is 4.00. The Bertz CT molecular complexity index is 912. The largest absolute Gasteiger partial charge is 0.461 e. The number of carbonyl (C=O) groups excluding carboxylic acids is 3. The number of benzene rings is 2. The Morgan fingerprint density at radius 1 is 1.00 bits per heavy atom. The molecule has 0 spiro atoms. The summed E-state index contributed by atoms with van der Waals surface area (Å²) in [6.07, 6.45) is 0.344. The van der Waals surface area contributed by atoms with E-state index >= 15 is 0 Å². The molecule has 0 bridgehead atoms. The standard InChI is InChI=1S/C26H31NO5/c1-18(2)14-23(19(3)25(29)31-16-21-12-8-5-9-13-21)24(28)27-22(17-32-26(27)30)15-20-10-6-4-7-11-20/h4-13,18-19,22-23H,14-17H2,1-3H3/t19-,22+,23-/m0/s1. The van der Waals surface area contributed by atoms with Crippen LogP contribution in [-0.4, -0.2) is 35.5 Å². The fourth-order valence-electron chi connectivity index (χ4n) is 4.00. The van der Waals surface area contributed by atoms with E-state index < -0.39 is 23.9 Å². The highest BCUT2D eigenvalue weighted by molar-refractivity contribution is 5.96. The summed E-state index contributed by atoms with van der Waals surface area (Å²) < 4.78 is 10.7. The average Bonchev–Trinajstić information content (AvgIpc) is 3.16. The SMILES string of the molecule is CC(C)C[C@H](C(=O)N1C(=O)OC[C@H]1Cc1ccccc1)[C@H](C)C(=O)OCc1ccccc1. The number of imide groups is 1. The summed E-state index contributed by atoms with van der Waals surface area (Å²) in [6, 6.07) is 18.7. The Balaban J connectivity index is 1.73. The molecule has 1 heterocycles. The van der Waals surface area contributed by atoms with E-state index in [1.54, 1.807) is 6.92 Å². The zero-order chi connectivity index (χ0) is 23.1. The molecule has 3 atom stereocenters. The summed E-state index contributed by atoms with van der Waals surface area (Å²) in [7, 11) is 0. The van der Waals surface area contributed by atoms with Crippen molar-refractivity contribution in [3.05, 3.63) is 71.8 Å². The van der Waals surface area contributed by atoms with Gasteiger partial charge < -0.3 is 9.47 Å². The molecule has 32 heavy (non-hydrogen) atoms. The second kappa shape index (κ2) is 10.9. The van der Waals surface area contributed by atoms with E-state index in [0.29, 0.717) is 12.8 Å². The third-order valence-corrected chi connectivity index (χ3v) is 5.75. The van der Waals surface area contributed by atoms with Gasteiger partial charge in [-0.1, -0.05) is 81.4 Å². The molecule has 2 aromatic carbocycles. The molecule has 170 valence electrons. The Morgan fingerprint density at radius 2 is 1.59 bits per heavy atom.